The Labute approximate surface area is 120 Å². The number of morpholine rings is 1. The second-order valence-electron chi connectivity index (χ2n) is 4.52. The quantitative estimate of drug-likeness (QED) is 0.787. The van der Waals surface area contributed by atoms with Gasteiger partial charge >= 0.3 is 0 Å². The summed E-state index contributed by atoms with van der Waals surface area (Å²) in [6.45, 7) is 5.79. The first kappa shape index (κ1) is 12.4. The normalized spacial score (nSPS) is 17.4. The highest BCUT2D eigenvalue weighted by atomic mass is 127. The summed E-state index contributed by atoms with van der Waals surface area (Å²) in [6.07, 6.45) is 1.96. The van der Waals surface area contributed by atoms with Crippen LogP contribution in [0.4, 0.5) is 0 Å². The van der Waals surface area contributed by atoms with Crippen LogP contribution in [0, 0.1) is 3.57 Å². The van der Waals surface area contributed by atoms with Crippen LogP contribution in [0.25, 0.3) is 10.9 Å². The lowest BCUT2D eigenvalue weighted by Gasteiger charge is -2.26. The summed E-state index contributed by atoms with van der Waals surface area (Å²) >= 11 is 2.33. The number of hydrogen-bond donors (Lipinski definition) is 0. The zero-order valence-electron chi connectivity index (χ0n) is 10.2. The van der Waals surface area contributed by atoms with Crippen LogP contribution in [0.1, 0.15) is 0 Å². The van der Waals surface area contributed by atoms with E-state index >= 15 is 0 Å². The van der Waals surface area contributed by atoms with Gasteiger partial charge in [-0.3, -0.25) is 9.58 Å². The van der Waals surface area contributed by atoms with Gasteiger partial charge in [0.05, 0.1) is 31.5 Å². The van der Waals surface area contributed by atoms with E-state index in [1.54, 1.807) is 0 Å². The number of hydrogen-bond acceptors (Lipinski definition) is 3. The molecule has 1 aromatic heterocycles. The predicted octanol–water partition coefficient (Wildman–Crippen LogP) is 1.97. The molecular formula is C13H16IN3O. The zero-order valence-corrected chi connectivity index (χ0v) is 12.3. The van der Waals surface area contributed by atoms with Crippen LogP contribution in [-0.2, 0) is 11.3 Å². The second-order valence-corrected chi connectivity index (χ2v) is 5.77. The lowest BCUT2D eigenvalue weighted by molar-refractivity contribution is 0.0361. The Morgan fingerprint density at radius 1 is 1.22 bits per heavy atom. The maximum atomic E-state index is 5.36. The van der Waals surface area contributed by atoms with Crippen LogP contribution >= 0.6 is 22.6 Å². The van der Waals surface area contributed by atoms with Gasteiger partial charge in [-0.05, 0) is 40.8 Å². The van der Waals surface area contributed by atoms with Crippen molar-refractivity contribution in [3.05, 3.63) is 28.0 Å². The average molecular weight is 357 g/mol. The Balaban J connectivity index is 1.70. The molecule has 0 N–H and O–H groups in total. The number of rotatable bonds is 3. The number of benzene rings is 1. The maximum absolute atomic E-state index is 5.36. The van der Waals surface area contributed by atoms with Gasteiger partial charge in [-0.15, -0.1) is 0 Å². The topological polar surface area (TPSA) is 30.3 Å². The third kappa shape index (κ3) is 2.67. The molecular weight excluding hydrogens is 341 g/mol. The molecule has 0 amide bonds. The summed E-state index contributed by atoms with van der Waals surface area (Å²) in [6, 6.07) is 6.47. The first-order valence-corrected chi connectivity index (χ1v) is 7.32. The largest absolute Gasteiger partial charge is 0.379 e. The number of aromatic nitrogens is 2. The molecule has 1 aliphatic heterocycles. The minimum atomic E-state index is 0.859. The van der Waals surface area contributed by atoms with Gasteiger partial charge in [0.15, 0.2) is 0 Å². The molecule has 18 heavy (non-hydrogen) atoms. The van der Waals surface area contributed by atoms with Gasteiger partial charge in [-0.1, -0.05) is 0 Å². The monoisotopic (exact) mass is 357 g/mol. The Bertz CT molecular complexity index is 534. The Morgan fingerprint density at radius 2 is 2.06 bits per heavy atom. The fourth-order valence-electron chi connectivity index (χ4n) is 2.30. The minimum Gasteiger partial charge on any atom is -0.379 e. The van der Waals surface area contributed by atoms with E-state index < -0.39 is 0 Å². The summed E-state index contributed by atoms with van der Waals surface area (Å²) in [5.41, 5.74) is 1.23. The van der Waals surface area contributed by atoms with Crippen molar-refractivity contribution < 1.29 is 4.74 Å². The highest BCUT2D eigenvalue weighted by Crippen LogP contribution is 2.17. The molecule has 1 fully saturated rings. The number of nitrogens with zero attached hydrogens (tertiary/aromatic N) is 3. The average Bonchev–Trinajstić information content (AvgIpc) is 2.80. The van der Waals surface area contributed by atoms with Crippen LogP contribution in [0.5, 0.6) is 0 Å². The molecule has 5 heteroatoms. The van der Waals surface area contributed by atoms with Crippen molar-refractivity contribution in [2.75, 3.05) is 32.8 Å². The molecule has 0 atom stereocenters. The molecule has 1 aliphatic rings. The molecule has 0 spiro atoms. The van der Waals surface area contributed by atoms with Crippen molar-refractivity contribution in [3.8, 4) is 0 Å². The summed E-state index contributed by atoms with van der Waals surface area (Å²) in [7, 11) is 0. The molecule has 0 unspecified atom stereocenters. The zero-order chi connectivity index (χ0) is 12.4. The van der Waals surface area contributed by atoms with E-state index in [1.165, 1.54) is 14.5 Å². The van der Waals surface area contributed by atoms with Crippen molar-refractivity contribution >= 4 is 33.5 Å². The van der Waals surface area contributed by atoms with Crippen molar-refractivity contribution in [2.24, 2.45) is 0 Å². The smallest absolute Gasteiger partial charge is 0.0683 e. The molecule has 2 aromatic rings. The van der Waals surface area contributed by atoms with E-state index in [4.69, 9.17) is 4.74 Å². The fraction of sp³-hybridized carbons (Fsp3) is 0.462. The van der Waals surface area contributed by atoms with Gasteiger partial charge in [-0.25, -0.2) is 0 Å². The molecule has 0 saturated carbocycles. The second kappa shape index (κ2) is 5.54. The molecule has 4 nitrogen and oxygen atoms in total. The number of ether oxygens (including phenoxy) is 1. The Kier molecular flexibility index (Phi) is 3.81. The van der Waals surface area contributed by atoms with Crippen molar-refractivity contribution in [1.29, 1.82) is 0 Å². The molecule has 1 aromatic carbocycles. The van der Waals surface area contributed by atoms with Crippen molar-refractivity contribution in [1.82, 2.24) is 14.7 Å². The van der Waals surface area contributed by atoms with Crippen LogP contribution in [0.2, 0.25) is 0 Å². The standard InChI is InChI=1S/C13H16IN3O/c14-12-1-2-13-11(9-12)10-15-17(13)4-3-16-5-7-18-8-6-16/h1-2,9-10H,3-8H2. The molecule has 0 radical (unpaired) electrons. The fourth-order valence-corrected chi connectivity index (χ4v) is 2.81. The van der Waals surface area contributed by atoms with Gasteiger partial charge < -0.3 is 4.74 Å². The van der Waals surface area contributed by atoms with E-state index in [9.17, 15) is 0 Å². The van der Waals surface area contributed by atoms with E-state index in [2.05, 4.69) is 55.5 Å². The van der Waals surface area contributed by atoms with E-state index in [1.807, 2.05) is 6.20 Å². The van der Waals surface area contributed by atoms with Crippen LogP contribution in [-0.4, -0.2) is 47.5 Å². The molecule has 96 valence electrons. The molecule has 0 aliphatic carbocycles. The van der Waals surface area contributed by atoms with E-state index in [-0.39, 0.29) is 0 Å². The third-order valence-electron chi connectivity index (χ3n) is 3.34. The summed E-state index contributed by atoms with van der Waals surface area (Å²) in [5, 5.41) is 5.70. The molecule has 1 saturated heterocycles. The first-order chi connectivity index (χ1) is 8.83. The van der Waals surface area contributed by atoms with Crippen LogP contribution in [0.15, 0.2) is 24.4 Å². The maximum Gasteiger partial charge on any atom is 0.0683 e. The molecule has 3 rings (SSSR count). The summed E-state index contributed by atoms with van der Waals surface area (Å²) in [4.78, 5) is 2.43. The summed E-state index contributed by atoms with van der Waals surface area (Å²) < 4.78 is 8.71. The Morgan fingerprint density at radius 3 is 2.89 bits per heavy atom. The minimum absolute atomic E-state index is 0.859. The Hall–Kier alpha value is -0.660. The lowest BCUT2D eigenvalue weighted by Crippen LogP contribution is -2.38. The lowest BCUT2D eigenvalue weighted by atomic mass is 10.2. The predicted molar refractivity (Wildman–Crippen MR) is 79.7 cm³/mol. The van der Waals surface area contributed by atoms with Crippen molar-refractivity contribution in [3.63, 3.8) is 0 Å². The molecule has 2 heterocycles. The number of halogens is 1. The van der Waals surface area contributed by atoms with Gasteiger partial charge in [-0.2, -0.15) is 5.10 Å². The SMILES string of the molecule is Ic1ccc2c(cnn2CCN2CCOCC2)c1. The van der Waals surface area contributed by atoms with Gasteiger partial charge in [0.2, 0.25) is 0 Å². The number of fused-ring (bicyclic) bond motifs is 1. The van der Waals surface area contributed by atoms with Crippen molar-refractivity contribution in [2.45, 2.75) is 6.54 Å². The van der Waals surface area contributed by atoms with Crippen LogP contribution in [0.3, 0.4) is 0 Å². The third-order valence-corrected chi connectivity index (χ3v) is 4.01. The highest BCUT2D eigenvalue weighted by molar-refractivity contribution is 14.1. The van der Waals surface area contributed by atoms with Gasteiger partial charge in [0.25, 0.3) is 0 Å². The summed E-state index contributed by atoms with van der Waals surface area (Å²) in [5.74, 6) is 0. The highest BCUT2D eigenvalue weighted by Gasteiger charge is 2.10. The van der Waals surface area contributed by atoms with E-state index in [0.717, 1.165) is 39.4 Å². The van der Waals surface area contributed by atoms with Gasteiger partial charge in [0.1, 0.15) is 0 Å². The first-order valence-electron chi connectivity index (χ1n) is 6.24. The van der Waals surface area contributed by atoms with Crippen LogP contribution < -0.4 is 0 Å². The van der Waals surface area contributed by atoms with Gasteiger partial charge in [0, 0.05) is 28.6 Å². The van der Waals surface area contributed by atoms with E-state index in [0.29, 0.717) is 0 Å². The molecule has 0 bridgehead atoms.